The normalized spacial score (nSPS) is 25.1. The Morgan fingerprint density at radius 1 is 1.58 bits per heavy atom. The Morgan fingerprint density at radius 2 is 2.25 bits per heavy atom. The van der Waals surface area contributed by atoms with Crippen LogP contribution >= 0.6 is 0 Å². The van der Waals surface area contributed by atoms with Crippen LogP contribution in [0.1, 0.15) is 13.3 Å². The van der Waals surface area contributed by atoms with Gasteiger partial charge in [-0.3, -0.25) is 0 Å². The van der Waals surface area contributed by atoms with Crippen molar-refractivity contribution in [2.45, 2.75) is 19.4 Å². The third-order valence-electron chi connectivity index (χ3n) is 2.18. The Hall–Kier alpha value is -0.130. The highest BCUT2D eigenvalue weighted by molar-refractivity contribution is 7.88. The van der Waals surface area contributed by atoms with Crippen molar-refractivity contribution in [3.63, 3.8) is 0 Å². The molecule has 5 heteroatoms. The highest BCUT2D eigenvalue weighted by atomic mass is 32.2. The van der Waals surface area contributed by atoms with Gasteiger partial charge in [-0.2, -0.15) is 4.31 Å². The molecular formula is C7H16N2O2S. The van der Waals surface area contributed by atoms with Crippen molar-refractivity contribution in [1.29, 1.82) is 0 Å². The van der Waals surface area contributed by atoms with Crippen LogP contribution in [0.2, 0.25) is 0 Å². The number of sulfonamides is 1. The van der Waals surface area contributed by atoms with Crippen molar-refractivity contribution >= 4 is 10.0 Å². The van der Waals surface area contributed by atoms with E-state index >= 15 is 0 Å². The molecule has 0 aromatic carbocycles. The van der Waals surface area contributed by atoms with Crippen molar-refractivity contribution in [3.05, 3.63) is 0 Å². The molecule has 12 heavy (non-hydrogen) atoms. The monoisotopic (exact) mass is 192 g/mol. The second-order valence-electron chi connectivity index (χ2n) is 3.11. The van der Waals surface area contributed by atoms with Gasteiger partial charge in [-0.25, -0.2) is 8.42 Å². The van der Waals surface area contributed by atoms with Crippen LogP contribution < -0.4 is 5.32 Å². The van der Waals surface area contributed by atoms with Crippen LogP contribution in [0.5, 0.6) is 0 Å². The molecule has 0 aliphatic carbocycles. The molecule has 1 atom stereocenters. The molecule has 0 aromatic heterocycles. The second kappa shape index (κ2) is 3.72. The van der Waals surface area contributed by atoms with Crippen molar-refractivity contribution in [1.82, 2.24) is 9.62 Å². The molecule has 1 aliphatic heterocycles. The number of rotatable bonds is 3. The predicted octanol–water partition coefficient (Wildman–Crippen LogP) is -0.370. The number of nitrogens with zero attached hydrogens (tertiary/aromatic N) is 1. The summed E-state index contributed by atoms with van der Waals surface area (Å²) in [5, 5.41) is 3.15. The van der Waals surface area contributed by atoms with Gasteiger partial charge in [-0.1, -0.05) is 6.92 Å². The van der Waals surface area contributed by atoms with E-state index in [2.05, 4.69) is 5.32 Å². The number of nitrogens with one attached hydrogen (secondary N) is 1. The minimum Gasteiger partial charge on any atom is -0.315 e. The fourth-order valence-electron chi connectivity index (χ4n) is 1.65. The summed E-state index contributed by atoms with van der Waals surface area (Å²) >= 11 is 0. The van der Waals surface area contributed by atoms with E-state index in [1.165, 1.54) is 6.26 Å². The summed E-state index contributed by atoms with van der Waals surface area (Å²) in [5.41, 5.74) is 0. The smallest absolute Gasteiger partial charge is 0.211 e. The highest BCUT2D eigenvalue weighted by Crippen LogP contribution is 2.11. The van der Waals surface area contributed by atoms with E-state index in [0.717, 1.165) is 19.5 Å². The number of hydrogen-bond donors (Lipinski definition) is 1. The van der Waals surface area contributed by atoms with Gasteiger partial charge < -0.3 is 5.32 Å². The van der Waals surface area contributed by atoms with Crippen molar-refractivity contribution in [3.8, 4) is 0 Å². The van der Waals surface area contributed by atoms with E-state index < -0.39 is 10.0 Å². The predicted molar refractivity (Wildman–Crippen MR) is 48.5 cm³/mol. The van der Waals surface area contributed by atoms with E-state index in [4.69, 9.17) is 0 Å². The average Bonchev–Trinajstić information content (AvgIpc) is 2.38. The molecule has 0 bridgehead atoms. The first-order chi connectivity index (χ1) is 5.55. The van der Waals surface area contributed by atoms with Gasteiger partial charge in [-0.05, 0) is 13.0 Å². The Balaban J connectivity index is 2.68. The molecule has 1 unspecified atom stereocenters. The minimum atomic E-state index is -3.01. The quantitative estimate of drug-likeness (QED) is 0.664. The minimum absolute atomic E-state index is 0.171. The molecule has 1 heterocycles. The lowest BCUT2D eigenvalue weighted by molar-refractivity contribution is 0.351. The average molecular weight is 192 g/mol. The lowest BCUT2D eigenvalue weighted by atomic mass is 10.3. The molecule has 0 spiro atoms. The molecule has 1 saturated heterocycles. The van der Waals surface area contributed by atoms with E-state index in [1.54, 1.807) is 4.31 Å². The molecule has 0 radical (unpaired) electrons. The van der Waals surface area contributed by atoms with E-state index in [0.29, 0.717) is 6.54 Å². The largest absolute Gasteiger partial charge is 0.315 e. The van der Waals surface area contributed by atoms with Gasteiger partial charge in [-0.15, -0.1) is 0 Å². The molecule has 1 aliphatic rings. The van der Waals surface area contributed by atoms with E-state index in [9.17, 15) is 8.42 Å². The second-order valence-corrected chi connectivity index (χ2v) is 5.05. The summed E-state index contributed by atoms with van der Waals surface area (Å²) in [6, 6.07) is 0.171. The summed E-state index contributed by atoms with van der Waals surface area (Å²) in [6.07, 6.45) is 2.20. The van der Waals surface area contributed by atoms with Crippen LogP contribution in [0.25, 0.3) is 0 Å². The molecule has 0 saturated carbocycles. The number of likely N-dealkylation sites (N-methyl/N-ethyl adjacent to an activating group) is 1. The topological polar surface area (TPSA) is 49.4 Å². The van der Waals surface area contributed by atoms with Crippen molar-refractivity contribution < 1.29 is 8.42 Å². The summed E-state index contributed by atoms with van der Waals surface area (Å²) in [4.78, 5) is 0. The fourth-order valence-corrected chi connectivity index (χ4v) is 2.84. The van der Waals surface area contributed by atoms with Gasteiger partial charge in [0.25, 0.3) is 0 Å². The summed E-state index contributed by atoms with van der Waals surface area (Å²) < 4.78 is 24.1. The number of hydrogen-bond acceptors (Lipinski definition) is 3. The SMILES string of the molecule is CCN(C1CCNC1)S(C)(=O)=O. The Morgan fingerprint density at radius 3 is 2.58 bits per heavy atom. The molecule has 1 N–H and O–H groups in total. The van der Waals surface area contributed by atoms with Gasteiger partial charge in [0.15, 0.2) is 0 Å². The van der Waals surface area contributed by atoms with Crippen molar-refractivity contribution in [2.24, 2.45) is 0 Å². The molecule has 0 aromatic rings. The molecule has 0 amide bonds. The highest BCUT2D eigenvalue weighted by Gasteiger charge is 2.27. The van der Waals surface area contributed by atoms with Crippen molar-refractivity contribution in [2.75, 3.05) is 25.9 Å². The van der Waals surface area contributed by atoms with Crippen LogP contribution in [-0.4, -0.2) is 44.7 Å². The Bertz CT molecular complexity index is 232. The standard InChI is InChI=1S/C7H16N2O2S/c1-3-9(12(2,10)11)7-4-5-8-6-7/h7-8H,3-6H2,1-2H3. The molecule has 1 rings (SSSR count). The lowest BCUT2D eigenvalue weighted by Crippen LogP contribution is -2.40. The van der Waals surface area contributed by atoms with E-state index in [1.807, 2.05) is 6.92 Å². The van der Waals surface area contributed by atoms with Crippen LogP contribution in [-0.2, 0) is 10.0 Å². The maximum Gasteiger partial charge on any atom is 0.211 e. The van der Waals surface area contributed by atoms with Gasteiger partial charge in [0.1, 0.15) is 0 Å². The maximum atomic E-state index is 11.2. The fraction of sp³-hybridized carbons (Fsp3) is 1.00. The summed E-state index contributed by atoms with van der Waals surface area (Å²) in [7, 11) is -3.01. The first-order valence-corrected chi connectivity index (χ1v) is 6.08. The first-order valence-electron chi connectivity index (χ1n) is 4.23. The zero-order valence-corrected chi connectivity index (χ0v) is 8.39. The lowest BCUT2D eigenvalue weighted by Gasteiger charge is -2.23. The molecule has 4 nitrogen and oxygen atoms in total. The van der Waals surface area contributed by atoms with E-state index in [-0.39, 0.29) is 6.04 Å². The summed E-state index contributed by atoms with van der Waals surface area (Å²) in [6.45, 7) is 4.17. The third kappa shape index (κ3) is 2.18. The molecular weight excluding hydrogens is 176 g/mol. The molecule has 72 valence electrons. The van der Waals surface area contributed by atoms with Crippen LogP contribution in [0, 0.1) is 0 Å². The maximum absolute atomic E-state index is 11.2. The van der Waals surface area contributed by atoms with Crippen LogP contribution in [0.4, 0.5) is 0 Å². The van der Waals surface area contributed by atoms with Gasteiger partial charge >= 0.3 is 0 Å². The van der Waals surface area contributed by atoms with Gasteiger partial charge in [0, 0.05) is 19.1 Å². The Labute approximate surface area is 74.0 Å². The van der Waals surface area contributed by atoms with Crippen LogP contribution in [0.3, 0.4) is 0 Å². The zero-order chi connectivity index (χ0) is 9.19. The van der Waals surface area contributed by atoms with Gasteiger partial charge in [0.2, 0.25) is 10.0 Å². The zero-order valence-electron chi connectivity index (χ0n) is 7.58. The Kier molecular flexibility index (Phi) is 3.09. The third-order valence-corrected chi connectivity index (χ3v) is 3.59. The summed E-state index contributed by atoms with van der Waals surface area (Å²) in [5.74, 6) is 0. The van der Waals surface area contributed by atoms with Crippen LogP contribution in [0.15, 0.2) is 0 Å². The first kappa shape index (κ1) is 9.95. The van der Waals surface area contributed by atoms with Gasteiger partial charge in [0.05, 0.1) is 6.26 Å². The molecule has 1 fully saturated rings.